The van der Waals surface area contributed by atoms with Gasteiger partial charge in [-0.3, -0.25) is 0 Å². The zero-order valence-corrected chi connectivity index (χ0v) is 9.66. The molecule has 0 aliphatic carbocycles. The first kappa shape index (κ1) is 12.8. The first-order chi connectivity index (χ1) is 7.47. The predicted molar refractivity (Wildman–Crippen MR) is 60.0 cm³/mol. The Balaban J connectivity index is 2.91. The number of halogens is 1. The lowest BCUT2D eigenvalue weighted by Gasteiger charge is -2.06. The fourth-order valence-corrected chi connectivity index (χ4v) is 2.46. The van der Waals surface area contributed by atoms with Gasteiger partial charge in [0, 0.05) is 0 Å². The third-order valence-electron chi connectivity index (χ3n) is 1.70. The number of sulfonamides is 1. The SMILES string of the molecule is N/C(CNS(=O)(=O)c1ccccc1Cl)=N\O. The van der Waals surface area contributed by atoms with Crippen LogP contribution in [0.15, 0.2) is 34.3 Å². The van der Waals surface area contributed by atoms with E-state index in [2.05, 4.69) is 9.88 Å². The average molecular weight is 264 g/mol. The van der Waals surface area contributed by atoms with Gasteiger partial charge in [-0.15, -0.1) is 0 Å². The van der Waals surface area contributed by atoms with Gasteiger partial charge in [0.15, 0.2) is 5.84 Å². The van der Waals surface area contributed by atoms with Crippen molar-refractivity contribution in [3.05, 3.63) is 29.3 Å². The molecule has 0 atom stereocenters. The smallest absolute Gasteiger partial charge is 0.242 e. The summed E-state index contributed by atoms with van der Waals surface area (Å²) < 4.78 is 25.5. The molecule has 16 heavy (non-hydrogen) atoms. The summed E-state index contributed by atoms with van der Waals surface area (Å²) in [6.07, 6.45) is 0. The Morgan fingerprint density at radius 3 is 2.69 bits per heavy atom. The van der Waals surface area contributed by atoms with Gasteiger partial charge in [0.05, 0.1) is 11.6 Å². The van der Waals surface area contributed by atoms with E-state index in [1.165, 1.54) is 12.1 Å². The quantitative estimate of drug-likeness (QED) is 0.316. The molecule has 0 unspecified atom stereocenters. The second kappa shape index (κ2) is 5.15. The monoisotopic (exact) mass is 263 g/mol. The minimum atomic E-state index is -3.75. The molecule has 0 bridgehead atoms. The van der Waals surface area contributed by atoms with E-state index in [-0.39, 0.29) is 22.3 Å². The van der Waals surface area contributed by atoms with Crippen molar-refractivity contribution in [3.8, 4) is 0 Å². The minimum absolute atomic E-state index is 0.0533. The molecule has 0 aliphatic rings. The number of hydrogen-bond acceptors (Lipinski definition) is 4. The molecule has 0 radical (unpaired) electrons. The summed E-state index contributed by atoms with van der Waals surface area (Å²) in [5.74, 6) is -0.240. The van der Waals surface area contributed by atoms with Gasteiger partial charge in [0.25, 0.3) is 0 Å². The molecular weight excluding hydrogens is 254 g/mol. The zero-order chi connectivity index (χ0) is 12.2. The molecule has 0 heterocycles. The molecule has 1 rings (SSSR count). The van der Waals surface area contributed by atoms with Crippen molar-refractivity contribution in [3.63, 3.8) is 0 Å². The molecule has 88 valence electrons. The van der Waals surface area contributed by atoms with E-state index in [9.17, 15) is 8.42 Å². The standard InChI is InChI=1S/C8H10ClN3O3S/c9-6-3-1-2-4-7(6)16(14,15)11-5-8(10)12-13/h1-4,11,13H,5H2,(H2,10,12). The summed E-state index contributed by atoms with van der Waals surface area (Å²) in [5, 5.41) is 11.0. The molecule has 1 aromatic rings. The van der Waals surface area contributed by atoms with Crippen LogP contribution in [0.2, 0.25) is 5.02 Å². The molecule has 1 aromatic carbocycles. The molecule has 8 heteroatoms. The first-order valence-electron chi connectivity index (χ1n) is 4.18. The van der Waals surface area contributed by atoms with Crippen LogP contribution < -0.4 is 10.5 Å². The number of rotatable bonds is 4. The molecular formula is C8H10ClN3O3S. The van der Waals surface area contributed by atoms with Crippen LogP contribution in [-0.2, 0) is 10.0 Å². The van der Waals surface area contributed by atoms with E-state index in [0.29, 0.717) is 0 Å². The van der Waals surface area contributed by atoms with Crippen LogP contribution in [0.5, 0.6) is 0 Å². The lowest BCUT2D eigenvalue weighted by atomic mass is 10.4. The summed E-state index contributed by atoms with van der Waals surface area (Å²) in [6.45, 7) is -0.288. The van der Waals surface area contributed by atoms with E-state index < -0.39 is 10.0 Å². The number of nitrogens with two attached hydrogens (primary N) is 1. The fourth-order valence-electron chi connectivity index (χ4n) is 0.945. The van der Waals surface area contributed by atoms with Crippen LogP contribution in [0.25, 0.3) is 0 Å². The fraction of sp³-hybridized carbons (Fsp3) is 0.125. The van der Waals surface area contributed by atoms with Crippen LogP contribution in [0, 0.1) is 0 Å². The Bertz CT molecular complexity index is 501. The topological polar surface area (TPSA) is 105 Å². The molecule has 0 aromatic heterocycles. The van der Waals surface area contributed by atoms with Gasteiger partial charge in [-0.2, -0.15) is 0 Å². The summed E-state index contributed by atoms with van der Waals surface area (Å²) in [6, 6.07) is 5.98. The summed E-state index contributed by atoms with van der Waals surface area (Å²) >= 11 is 5.73. The highest BCUT2D eigenvalue weighted by Crippen LogP contribution is 2.19. The third kappa shape index (κ3) is 3.09. The van der Waals surface area contributed by atoms with Crippen molar-refractivity contribution < 1.29 is 13.6 Å². The summed E-state index contributed by atoms with van der Waals surface area (Å²) in [7, 11) is -3.75. The van der Waals surface area contributed by atoms with Gasteiger partial charge in [-0.05, 0) is 12.1 Å². The number of hydrogen-bond donors (Lipinski definition) is 3. The van der Waals surface area contributed by atoms with Gasteiger partial charge in [-0.1, -0.05) is 28.9 Å². The van der Waals surface area contributed by atoms with Crippen LogP contribution in [0.1, 0.15) is 0 Å². The van der Waals surface area contributed by atoms with Crippen molar-refractivity contribution in [2.24, 2.45) is 10.9 Å². The highest BCUT2D eigenvalue weighted by Gasteiger charge is 2.17. The second-order valence-corrected chi connectivity index (χ2v) is 4.99. The zero-order valence-electron chi connectivity index (χ0n) is 8.09. The van der Waals surface area contributed by atoms with Gasteiger partial charge in [-0.25, -0.2) is 13.1 Å². The normalized spacial score (nSPS) is 12.7. The second-order valence-electron chi connectivity index (χ2n) is 2.85. The molecule has 0 saturated carbocycles. The van der Waals surface area contributed by atoms with Crippen molar-refractivity contribution in [1.29, 1.82) is 0 Å². The summed E-state index contributed by atoms with van der Waals surface area (Å²) in [4.78, 5) is -0.0533. The van der Waals surface area contributed by atoms with Gasteiger partial charge in [0.1, 0.15) is 4.90 Å². The van der Waals surface area contributed by atoms with Crippen LogP contribution in [-0.4, -0.2) is 26.0 Å². The van der Waals surface area contributed by atoms with Crippen molar-refractivity contribution in [1.82, 2.24) is 4.72 Å². The number of amidine groups is 1. The molecule has 0 amide bonds. The Morgan fingerprint density at radius 2 is 2.12 bits per heavy atom. The summed E-state index contributed by atoms with van der Waals surface area (Å²) in [5.41, 5.74) is 5.14. The van der Waals surface area contributed by atoms with Gasteiger partial charge >= 0.3 is 0 Å². The van der Waals surface area contributed by atoms with Gasteiger partial charge in [0.2, 0.25) is 10.0 Å². The Morgan fingerprint density at radius 1 is 1.50 bits per heavy atom. The Kier molecular flexibility index (Phi) is 4.11. The van der Waals surface area contributed by atoms with Crippen molar-refractivity contribution in [2.45, 2.75) is 4.90 Å². The van der Waals surface area contributed by atoms with E-state index in [4.69, 9.17) is 22.5 Å². The maximum absolute atomic E-state index is 11.7. The lowest BCUT2D eigenvalue weighted by Crippen LogP contribution is -2.33. The maximum Gasteiger partial charge on any atom is 0.242 e. The predicted octanol–water partition coefficient (Wildman–Crippen LogP) is 0.365. The number of nitrogens with one attached hydrogen (secondary N) is 1. The number of benzene rings is 1. The molecule has 4 N–H and O–H groups in total. The number of nitrogens with zero attached hydrogens (tertiary/aromatic N) is 1. The molecule has 0 spiro atoms. The van der Waals surface area contributed by atoms with Crippen LogP contribution >= 0.6 is 11.6 Å². The molecule has 6 nitrogen and oxygen atoms in total. The molecule has 0 fully saturated rings. The van der Waals surface area contributed by atoms with Crippen LogP contribution in [0.3, 0.4) is 0 Å². The van der Waals surface area contributed by atoms with E-state index in [0.717, 1.165) is 0 Å². The minimum Gasteiger partial charge on any atom is -0.409 e. The average Bonchev–Trinajstić information content (AvgIpc) is 2.26. The Labute approximate surface area is 97.8 Å². The van der Waals surface area contributed by atoms with E-state index in [1.807, 2.05) is 0 Å². The maximum atomic E-state index is 11.7. The van der Waals surface area contributed by atoms with E-state index in [1.54, 1.807) is 12.1 Å². The molecule has 0 saturated heterocycles. The van der Waals surface area contributed by atoms with Crippen LogP contribution in [0.4, 0.5) is 0 Å². The highest BCUT2D eigenvalue weighted by atomic mass is 35.5. The first-order valence-corrected chi connectivity index (χ1v) is 6.04. The van der Waals surface area contributed by atoms with E-state index >= 15 is 0 Å². The lowest BCUT2D eigenvalue weighted by molar-refractivity contribution is 0.317. The van der Waals surface area contributed by atoms with Gasteiger partial charge < -0.3 is 10.9 Å². The van der Waals surface area contributed by atoms with Crippen molar-refractivity contribution >= 4 is 27.5 Å². The molecule has 0 aliphatic heterocycles. The largest absolute Gasteiger partial charge is 0.409 e. The third-order valence-corrected chi connectivity index (χ3v) is 3.60. The number of oxime groups is 1. The van der Waals surface area contributed by atoms with Crippen molar-refractivity contribution in [2.75, 3.05) is 6.54 Å². The Hall–Kier alpha value is -1.31. The highest BCUT2D eigenvalue weighted by molar-refractivity contribution is 7.89.